The molecule has 160 valence electrons. The fraction of sp³-hybridized carbons (Fsp3) is 0.167. The topological polar surface area (TPSA) is 65.1 Å². The molecule has 1 aliphatic heterocycles. The lowest BCUT2D eigenvalue weighted by atomic mass is 10.0. The summed E-state index contributed by atoms with van der Waals surface area (Å²) in [4.78, 5) is 27.3. The van der Waals surface area contributed by atoms with Crippen LogP contribution in [0, 0.1) is 0 Å². The zero-order valence-electron chi connectivity index (χ0n) is 17.5. The molecular weight excluding hydrogens is 418 g/mol. The molecule has 0 fully saturated rings. The maximum atomic E-state index is 13.4. The average Bonchev–Trinajstić information content (AvgIpc) is 3.01. The highest BCUT2D eigenvalue weighted by molar-refractivity contribution is 6.32. The second kappa shape index (κ2) is 9.53. The van der Waals surface area contributed by atoms with Crippen molar-refractivity contribution in [3.63, 3.8) is 0 Å². The lowest BCUT2D eigenvalue weighted by molar-refractivity contribution is -0.136. The molecule has 7 heteroatoms. The minimum Gasteiger partial charge on any atom is -0.495 e. The molecule has 0 bridgehead atoms. The maximum Gasteiger partial charge on any atom is 0.340 e. The minimum atomic E-state index is -0.599. The third-order valence-corrected chi connectivity index (χ3v) is 5.02. The lowest BCUT2D eigenvalue weighted by Crippen LogP contribution is -2.24. The van der Waals surface area contributed by atoms with Crippen molar-refractivity contribution < 1.29 is 23.8 Å². The molecule has 1 aliphatic rings. The Kier molecular flexibility index (Phi) is 6.82. The molecule has 0 spiro atoms. The van der Waals surface area contributed by atoms with Crippen molar-refractivity contribution in [3.05, 3.63) is 82.5 Å². The average molecular weight is 440 g/mol. The Morgan fingerprint density at radius 3 is 2.61 bits per heavy atom. The SMILES string of the molecule is C=CCOc1cccc(/C=C2\C(=O)N(c3ccc(OC)c(Cl)c3)C(C)=C2C(=O)OC)c1. The van der Waals surface area contributed by atoms with Gasteiger partial charge in [-0.15, -0.1) is 0 Å². The Morgan fingerprint density at radius 2 is 1.97 bits per heavy atom. The third kappa shape index (κ3) is 4.49. The number of allylic oxidation sites excluding steroid dienone is 1. The molecule has 3 rings (SSSR count). The van der Waals surface area contributed by atoms with Gasteiger partial charge in [0.05, 0.1) is 36.1 Å². The summed E-state index contributed by atoms with van der Waals surface area (Å²) >= 11 is 6.25. The number of hydrogen-bond acceptors (Lipinski definition) is 5. The van der Waals surface area contributed by atoms with E-state index in [2.05, 4.69) is 6.58 Å². The smallest absolute Gasteiger partial charge is 0.340 e. The Balaban J connectivity index is 2.07. The number of methoxy groups -OCH3 is 2. The Hall–Kier alpha value is -3.51. The second-order valence-corrected chi connectivity index (χ2v) is 7.05. The summed E-state index contributed by atoms with van der Waals surface area (Å²) in [5, 5.41) is 0.352. The van der Waals surface area contributed by atoms with Crippen molar-refractivity contribution in [1.82, 2.24) is 0 Å². The van der Waals surface area contributed by atoms with E-state index in [1.807, 2.05) is 6.07 Å². The normalized spacial score (nSPS) is 14.8. The van der Waals surface area contributed by atoms with E-state index in [4.69, 9.17) is 25.8 Å². The summed E-state index contributed by atoms with van der Waals surface area (Å²) in [7, 11) is 2.79. The van der Waals surface area contributed by atoms with Crippen LogP contribution >= 0.6 is 11.6 Å². The lowest BCUT2D eigenvalue weighted by Gasteiger charge is -2.19. The van der Waals surface area contributed by atoms with Crippen LogP contribution in [0.5, 0.6) is 11.5 Å². The van der Waals surface area contributed by atoms with Crippen LogP contribution in [0.4, 0.5) is 5.69 Å². The number of ether oxygens (including phenoxy) is 3. The molecule has 1 amide bonds. The summed E-state index contributed by atoms with van der Waals surface area (Å²) < 4.78 is 15.7. The summed E-state index contributed by atoms with van der Waals surface area (Å²) in [5.74, 6) is 0.146. The van der Waals surface area contributed by atoms with E-state index in [0.29, 0.717) is 40.1 Å². The number of rotatable bonds is 7. The van der Waals surface area contributed by atoms with Crippen LogP contribution in [0.25, 0.3) is 6.08 Å². The predicted molar refractivity (Wildman–Crippen MR) is 120 cm³/mol. The molecule has 0 saturated heterocycles. The fourth-order valence-corrected chi connectivity index (χ4v) is 3.55. The maximum absolute atomic E-state index is 13.4. The first-order chi connectivity index (χ1) is 14.9. The zero-order chi connectivity index (χ0) is 22.5. The number of hydrogen-bond donors (Lipinski definition) is 0. The molecule has 0 aromatic heterocycles. The van der Waals surface area contributed by atoms with Gasteiger partial charge in [-0.3, -0.25) is 9.69 Å². The molecule has 0 aliphatic carbocycles. The Labute approximate surface area is 186 Å². The quantitative estimate of drug-likeness (QED) is 0.352. The molecule has 0 radical (unpaired) electrons. The van der Waals surface area contributed by atoms with Crippen molar-refractivity contribution in [3.8, 4) is 11.5 Å². The molecule has 0 atom stereocenters. The van der Waals surface area contributed by atoms with Gasteiger partial charge >= 0.3 is 5.97 Å². The van der Waals surface area contributed by atoms with E-state index in [1.165, 1.54) is 19.1 Å². The van der Waals surface area contributed by atoms with Crippen LogP contribution < -0.4 is 14.4 Å². The van der Waals surface area contributed by atoms with Crippen LogP contribution in [0.3, 0.4) is 0 Å². The molecular formula is C24H22ClNO5. The first-order valence-corrected chi connectivity index (χ1v) is 9.82. The highest BCUT2D eigenvalue weighted by Crippen LogP contribution is 2.38. The zero-order valence-corrected chi connectivity index (χ0v) is 18.2. The molecule has 1 heterocycles. The van der Waals surface area contributed by atoms with Gasteiger partial charge in [0.25, 0.3) is 5.91 Å². The highest BCUT2D eigenvalue weighted by atomic mass is 35.5. The largest absolute Gasteiger partial charge is 0.495 e. The van der Waals surface area contributed by atoms with Crippen molar-refractivity contribution in [1.29, 1.82) is 0 Å². The number of carbonyl (C=O) groups excluding carboxylic acids is 2. The number of halogens is 1. The van der Waals surface area contributed by atoms with Crippen LogP contribution in [-0.4, -0.2) is 32.7 Å². The van der Waals surface area contributed by atoms with Gasteiger partial charge in [0.1, 0.15) is 18.1 Å². The number of amides is 1. The van der Waals surface area contributed by atoms with Gasteiger partial charge in [0.15, 0.2) is 0 Å². The molecule has 0 N–H and O–H groups in total. The first kappa shape index (κ1) is 22.2. The summed E-state index contributed by atoms with van der Waals surface area (Å²) in [5.41, 5.74) is 2.08. The Bertz CT molecular complexity index is 1100. The van der Waals surface area contributed by atoms with Gasteiger partial charge in [0.2, 0.25) is 0 Å². The number of benzene rings is 2. The summed E-state index contributed by atoms with van der Waals surface area (Å²) in [6, 6.07) is 12.2. The van der Waals surface area contributed by atoms with Crippen LogP contribution in [-0.2, 0) is 14.3 Å². The molecule has 2 aromatic carbocycles. The van der Waals surface area contributed by atoms with Crippen molar-refractivity contribution in [2.75, 3.05) is 25.7 Å². The number of nitrogens with zero attached hydrogens (tertiary/aromatic N) is 1. The van der Waals surface area contributed by atoms with Gasteiger partial charge in [-0.05, 0) is 48.9 Å². The summed E-state index contributed by atoms with van der Waals surface area (Å²) in [6.45, 7) is 5.68. The second-order valence-electron chi connectivity index (χ2n) is 6.64. The van der Waals surface area contributed by atoms with Crippen LogP contribution in [0.2, 0.25) is 5.02 Å². The van der Waals surface area contributed by atoms with Crippen molar-refractivity contribution >= 4 is 35.2 Å². The third-order valence-electron chi connectivity index (χ3n) is 4.72. The van der Waals surface area contributed by atoms with E-state index in [1.54, 1.807) is 55.5 Å². The van der Waals surface area contributed by atoms with E-state index < -0.39 is 5.97 Å². The molecule has 31 heavy (non-hydrogen) atoms. The van der Waals surface area contributed by atoms with Crippen molar-refractivity contribution in [2.24, 2.45) is 0 Å². The van der Waals surface area contributed by atoms with Crippen LogP contribution in [0.15, 0.2) is 72.0 Å². The van der Waals surface area contributed by atoms with Crippen LogP contribution in [0.1, 0.15) is 12.5 Å². The highest BCUT2D eigenvalue weighted by Gasteiger charge is 2.38. The van der Waals surface area contributed by atoms with Gasteiger partial charge in [-0.25, -0.2) is 4.79 Å². The molecule has 0 unspecified atom stereocenters. The minimum absolute atomic E-state index is 0.192. The molecule has 0 saturated carbocycles. The monoisotopic (exact) mass is 439 g/mol. The van der Waals surface area contributed by atoms with E-state index in [9.17, 15) is 9.59 Å². The number of anilines is 1. The van der Waals surface area contributed by atoms with E-state index in [0.717, 1.165) is 0 Å². The van der Waals surface area contributed by atoms with E-state index in [-0.39, 0.29) is 17.1 Å². The van der Waals surface area contributed by atoms with Gasteiger partial charge in [-0.1, -0.05) is 36.4 Å². The number of carbonyl (C=O) groups is 2. The predicted octanol–water partition coefficient (Wildman–Crippen LogP) is 4.79. The summed E-state index contributed by atoms with van der Waals surface area (Å²) in [6.07, 6.45) is 3.29. The van der Waals surface area contributed by atoms with E-state index >= 15 is 0 Å². The fourth-order valence-electron chi connectivity index (χ4n) is 3.30. The van der Waals surface area contributed by atoms with Crippen molar-refractivity contribution in [2.45, 2.75) is 6.92 Å². The first-order valence-electron chi connectivity index (χ1n) is 9.44. The van der Waals surface area contributed by atoms with Gasteiger partial charge < -0.3 is 14.2 Å². The molecule has 6 nitrogen and oxygen atoms in total. The standard InChI is InChI=1S/C24H22ClNO5/c1-5-11-31-18-8-6-7-16(12-18)13-19-22(24(28)30-4)15(2)26(23(19)27)17-9-10-21(29-3)20(25)14-17/h5-10,12-14H,1,11H2,2-4H3/b19-13-. The molecule has 2 aromatic rings. The Morgan fingerprint density at radius 1 is 1.19 bits per heavy atom. The van der Waals surface area contributed by atoms with Gasteiger partial charge in [0, 0.05) is 5.70 Å². The number of esters is 1. The van der Waals surface area contributed by atoms with Gasteiger partial charge in [-0.2, -0.15) is 0 Å².